The zero-order valence-electron chi connectivity index (χ0n) is 36.2. The minimum Gasteiger partial charge on any atom is -0.368 e. The molecule has 5 N–H and O–H groups in total. The van der Waals surface area contributed by atoms with Crippen molar-refractivity contribution in [3.8, 4) is 23.5 Å². The molecule has 0 spiro atoms. The van der Waals surface area contributed by atoms with Gasteiger partial charge in [0.2, 0.25) is 11.9 Å². The predicted molar refractivity (Wildman–Crippen MR) is 251 cm³/mol. The molecule has 2 aliphatic rings. The van der Waals surface area contributed by atoms with Crippen molar-refractivity contribution in [2.75, 3.05) is 29.5 Å². The van der Waals surface area contributed by atoms with Crippen LogP contribution in [0.4, 0.5) is 26.5 Å². The number of nitrogens with two attached hydrogens (primary N) is 2. The third kappa shape index (κ3) is 9.08. The van der Waals surface area contributed by atoms with Gasteiger partial charge in [-0.25, -0.2) is 28.7 Å². The second-order valence-corrected chi connectivity index (χ2v) is 15.9. The summed E-state index contributed by atoms with van der Waals surface area (Å²) in [4.78, 5) is 53.7. The van der Waals surface area contributed by atoms with Gasteiger partial charge < -0.3 is 21.7 Å². The number of hydrogen-bond acceptors (Lipinski definition) is 14. The van der Waals surface area contributed by atoms with Gasteiger partial charge in [0.1, 0.15) is 57.3 Å². The molecule has 2 saturated heterocycles. The number of nitrogens with one attached hydrogen (secondary N) is 1. The Morgan fingerprint density at radius 2 is 1.18 bits per heavy atom. The molecular weight excluding hydrogens is 878 g/mol. The number of aryl methyl sites for hydroxylation is 2. The third-order valence-corrected chi connectivity index (χ3v) is 11.6. The molecule has 2 fully saturated rings. The van der Waals surface area contributed by atoms with E-state index in [0.717, 1.165) is 25.8 Å². The van der Waals surface area contributed by atoms with Crippen LogP contribution in [0.2, 0.25) is 5.15 Å². The van der Waals surface area contributed by atoms with Crippen LogP contribution in [-0.2, 0) is 0 Å². The van der Waals surface area contributed by atoms with Crippen LogP contribution in [0.15, 0.2) is 107 Å². The molecule has 0 bridgehead atoms. The summed E-state index contributed by atoms with van der Waals surface area (Å²) in [5, 5.41) is 21.7. The normalized spacial score (nSPS) is 15.3. The molecule has 0 aliphatic carbocycles. The van der Waals surface area contributed by atoms with Crippen molar-refractivity contribution < 1.29 is 8.78 Å². The molecule has 4 aromatic heterocycles. The average molecular weight is 919 g/mol. The van der Waals surface area contributed by atoms with Gasteiger partial charge in [0.15, 0.2) is 11.0 Å². The number of benzene rings is 4. The first-order valence-electron chi connectivity index (χ1n) is 21.2. The van der Waals surface area contributed by atoms with Crippen LogP contribution in [0, 0.1) is 48.1 Å². The van der Waals surface area contributed by atoms with Crippen LogP contribution < -0.4 is 32.8 Å². The molecule has 2 aliphatic heterocycles. The standard InChI is InChI=1S/C24H20FN7O.C18H16FN3O.C6H5ClN4/c1-14-16(13-26)21(30-24(27)28-14)31-12-6-11-19(31)22-29-18-10-5-9-17(25)20(18)23(33)32(22)15-7-3-2-4-8-15;19-13-8-4-9-14-16(13)18(23)22(12-6-2-1-3-7-12)17(21-14)15-10-5-11-20-15;1-3-4(2-8)5(7)11-6(9)10-3/h2-5,7-10,19H,6,11-12H2,1H3,(H2,27,28,30);1-4,6-9,15,20H,5,10-11H2;1H3,(H2,9,10,11)/t19-;15-;/m00./s1. The monoisotopic (exact) mass is 918 g/mol. The highest BCUT2D eigenvalue weighted by Crippen LogP contribution is 2.38. The zero-order valence-corrected chi connectivity index (χ0v) is 36.9. The van der Waals surface area contributed by atoms with Crippen molar-refractivity contribution in [1.82, 2.24) is 44.4 Å². The molecule has 8 aromatic rings. The SMILES string of the molecule is Cc1nc(N)nc(Cl)c1C#N.Cc1nc(N)nc(N2CCC[C@H]2c2nc3cccc(F)c3c(=O)n2-c2ccccc2)c1C#N.O=c1c2c(F)cccc2nc([C@@H]2CCCN2)n1-c1ccccc1. The van der Waals surface area contributed by atoms with Crippen molar-refractivity contribution in [3.05, 3.63) is 169 Å². The number of anilines is 3. The van der Waals surface area contributed by atoms with Crippen LogP contribution >= 0.6 is 11.6 Å². The molecule has 10 rings (SSSR count). The lowest BCUT2D eigenvalue weighted by atomic mass is 10.1. The molecule has 4 aromatic carbocycles. The number of nitrogen functional groups attached to an aromatic ring is 2. The van der Waals surface area contributed by atoms with Gasteiger partial charge in [-0.3, -0.25) is 18.7 Å². The number of halogens is 3. The third-order valence-electron chi connectivity index (χ3n) is 11.3. The largest absolute Gasteiger partial charge is 0.368 e. The van der Waals surface area contributed by atoms with E-state index in [0.29, 0.717) is 64.3 Å². The molecule has 6 heterocycles. The summed E-state index contributed by atoms with van der Waals surface area (Å²) < 4.78 is 31.8. The summed E-state index contributed by atoms with van der Waals surface area (Å²) in [6.45, 7) is 4.86. The van der Waals surface area contributed by atoms with E-state index in [9.17, 15) is 23.6 Å². The molecule has 2 atom stereocenters. The van der Waals surface area contributed by atoms with Gasteiger partial charge in [-0.2, -0.15) is 20.5 Å². The average Bonchev–Trinajstić information content (AvgIpc) is 4.04. The maximum Gasteiger partial charge on any atom is 0.269 e. The Labute approximate surface area is 386 Å². The van der Waals surface area contributed by atoms with E-state index in [4.69, 9.17) is 33.3 Å². The Morgan fingerprint density at radius 3 is 1.70 bits per heavy atom. The van der Waals surface area contributed by atoms with Crippen molar-refractivity contribution in [1.29, 1.82) is 10.5 Å². The summed E-state index contributed by atoms with van der Waals surface area (Å²) in [6, 6.07) is 31.0. The van der Waals surface area contributed by atoms with Crippen molar-refractivity contribution >= 4 is 51.1 Å². The number of rotatable bonds is 5. The predicted octanol–water partition coefficient (Wildman–Crippen LogP) is 7.26. The minimum atomic E-state index is -0.615. The van der Waals surface area contributed by atoms with Gasteiger partial charge in [0.05, 0.1) is 45.9 Å². The first kappa shape index (κ1) is 45.4. The molecule has 0 saturated carbocycles. The van der Waals surface area contributed by atoms with Gasteiger partial charge in [-0.05, 0) is 94.6 Å². The van der Waals surface area contributed by atoms with E-state index >= 15 is 0 Å². The van der Waals surface area contributed by atoms with Gasteiger partial charge in [-0.15, -0.1) is 0 Å². The fourth-order valence-corrected chi connectivity index (χ4v) is 8.59. The smallest absolute Gasteiger partial charge is 0.269 e. The molecular formula is C48H41ClF2N14O2. The number of fused-ring (bicyclic) bond motifs is 2. The van der Waals surface area contributed by atoms with E-state index in [2.05, 4.69) is 36.3 Å². The Hall–Kier alpha value is -8.19. The Kier molecular flexibility index (Phi) is 13.2. The fraction of sp³-hybridized carbons (Fsp3) is 0.208. The lowest BCUT2D eigenvalue weighted by molar-refractivity contribution is 0.581. The van der Waals surface area contributed by atoms with Crippen molar-refractivity contribution in [3.63, 3.8) is 0 Å². The number of para-hydroxylation sites is 2. The summed E-state index contributed by atoms with van der Waals surface area (Å²) in [6.07, 6.45) is 3.43. The van der Waals surface area contributed by atoms with E-state index in [-0.39, 0.29) is 56.5 Å². The van der Waals surface area contributed by atoms with Gasteiger partial charge in [0, 0.05) is 6.54 Å². The number of nitrogens with zero attached hydrogens (tertiary/aromatic N) is 11. The first-order valence-corrected chi connectivity index (χ1v) is 21.5. The van der Waals surface area contributed by atoms with Crippen molar-refractivity contribution in [2.24, 2.45) is 0 Å². The fourth-order valence-electron chi connectivity index (χ4n) is 8.32. The highest BCUT2D eigenvalue weighted by molar-refractivity contribution is 6.30. The van der Waals surface area contributed by atoms with Gasteiger partial charge in [0.25, 0.3) is 11.1 Å². The lowest BCUT2D eigenvalue weighted by Gasteiger charge is -2.28. The van der Waals surface area contributed by atoms with Crippen LogP contribution in [-0.4, -0.2) is 52.1 Å². The van der Waals surface area contributed by atoms with Crippen molar-refractivity contribution in [2.45, 2.75) is 51.6 Å². The second-order valence-electron chi connectivity index (χ2n) is 15.6. The maximum atomic E-state index is 14.7. The molecule has 0 radical (unpaired) electrons. The van der Waals surface area contributed by atoms with Gasteiger partial charge in [-0.1, -0.05) is 60.1 Å². The van der Waals surface area contributed by atoms with Crippen LogP contribution in [0.5, 0.6) is 0 Å². The van der Waals surface area contributed by atoms with E-state index in [1.807, 2.05) is 59.5 Å². The quantitative estimate of drug-likeness (QED) is 0.144. The topological polar surface area (TPSA) is 236 Å². The minimum absolute atomic E-state index is 0.00979. The summed E-state index contributed by atoms with van der Waals surface area (Å²) in [5.41, 5.74) is 13.9. The van der Waals surface area contributed by atoms with E-state index in [1.165, 1.54) is 27.3 Å². The van der Waals surface area contributed by atoms with Crippen LogP contribution in [0.1, 0.15) is 71.9 Å². The lowest BCUT2D eigenvalue weighted by Crippen LogP contribution is -2.33. The van der Waals surface area contributed by atoms with E-state index < -0.39 is 17.2 Å². The number of aromatic nitrogens is 8. The maximum absolute atomic E-state index is 14.7. The Bertz CT molecular complexity index is 3350. The Morgan fingerprint density at radius 1 is 0.657 bits per heavy atom. The molecule has 19 heteroatoms. The number of nitriles is 2. The van der Waals surface area contributed by atoms with E-state index in [1.54, 1.807) is 44.2 Å². The molecule has 336 valence electrons. The number of hydrogen-bond donors (Lipinski definition) is 3. The summed E-state index contributed by atoms with van der Waals surface area (Å²) in [7, 11) is 0. The highest BCUT2D eigenvalue weighted by atomic mass is 35.5. The zero-order chi connectivity index (χ0) is 47.4. The van der Waals surface area contributed by atoms with Crippen LogP contribution in [0.25, 0.3) is 33.2 Å². The Balaban J connectivity index is 0.000000154. The van der Waals surface area contributed by atoms with Gasteiger partial charge >= 0.3 is 0 Å². The highest BCUT2D eigenvalue weighted by Gasteiger charge is 2.34. The molecule has 67 heavy (non-hydrogen) atoms. The molecule has 0 amide bonds. The van der Waals surface area contributed by atoms with Crippen LogP contribution in [0.3, 0.4) is 0 Å². The second kappa shape index (κ2) is 19.5. The first-order chi connectivity index (χ1) is 32.4. The molecule has 0 unspecified atom stereocenters. The summed E-state index contributed by atoms with van der Waals surface area (Å²) in [5.74, 6) is 0.536. The summed E-state index contributed by atoms with van der Waals surface area (Å²) >= 11 is 5.58. The molecule has 16 nitrogen and oxygen atoms in total.